The van der Waals surface area contributed by atoms with Gasteiger partial charge >= 0.3 is 0 Å². The topological polar surface area (TPSA) is 45.6 Å². The Bertz CT molecular complexity index is 759. The fourth-order valence-electron chi connectivity index (χ4n) is 3.98. The quantitative estimate of drug-likeness (QED) is 0.874. The van der Waals surface area contributed by atoms with Crippen LogP contribution >= 0.6 is 0 Å². The maximum Gasteiger partial charge on any atom is 0.131 e. The lowest BCUT2D eigenvalue weighted by atomic mass is 9.71. The van der Waals surface area contributed by atoms with Crippen molar-refractivity contribution in [3.05, 3.63) is 59.2 Å². The van der Waals surface area contributed by atoms with Crippen molar-refractivity contribution in [2.24, 2.45) is 5.92 Å². The molecule has 0 saturated carbocycles. The number of pyridine rings is 1. The minimum absolute atomic E-state index is 0.00102. The summed E-state index contributed by atoms with van der Waals surface area (Å²) in [7, 11) is 2.08. The molecule has 1 saturated heterocycles. The first kappa shape index (κ1) is 15.5. The molecule has 0 aliphatic carbocycles. The van der Waals surface area contributed by atoms with E-state index in [1.54, 1.807) is 12.3 Å². The summed E-state index contributed by atoms with van der Waals surface area (Å²) < 4.78 is 19.8. The number of hydrogen-bond donors (Lipinski definition) is 1. The number of aromatic nitrogens is 1. The van der Waals surface area contributed by atoms with E-state index < -0.39 is 5.60 Å². The van der Waals surface area contributed by atoms with Gasteiger partial charge in [-0.05, 0) is 63.2 Å². The van der Waals surface area contributed by atoms with Gasteiger partial charge in [-0.25, -0.2) is 4.39 Å². The smallest absolute Gasteiger partial charge is 0.131 e. The monoisotopic (exact) mass is 328 g/mol. The molecule has 1 atom stereocenters. The summed E-state index contributed by atoms with van der Waals surface area (Å²) in [6.45, 7) is 2.10. The zero-order valence-corrected chi connectivity index (χ0v) is 13.7. The minimum atomic E-state index is -1.28. The molecule has 1 unspecified atom stereocenters. The van der Waals surface area contributed by atoms with Gasteiger partial charge in [0, 0.05) is 17.3 Å². The lowest BCUT2D eigenvalue weighted by Gasteiger charge is -2.41. The Morgan fingerprint density at radius 2 is 2.04 bits per heavy atom. The average Bonchev–Trinajstić information content (AvgIpc) is 2.72. The van der Waals surface area contributed by atoms with Gasteiger partial charge in [-0.1, -0.05) is 6.07 Å². The standard InChI is InChI=1S/C19H21FN2O2/c1-22-9-6-13(7-10-22)19(23)15-3-2-8-21-17(15)12-24-18-5-4-14(20)11-16(18)19/h2-5,8,11,13,23H,6-7,9-10,12H2,1H3. The molecule has 4 rings (SSSR count). The second-order valence-corrected chi connectivity index (χ2v) is 6.77. The number of likely N-dealkylation sites (tertiary alicyclic amines) is 1. The van der Waals surface area contributed by atoms with Crippen LogP contribution in [0.4, 0.5) is 4.39 Å². The van der Waals surface area contributed by atoms with E-state index in [2.05, 4.69) is 16.9 Å². The van der Waals surface area contributed by atoms with Gasteiger partial charge in [0.15, 0.2) is 0 Å². The maximum absolute atomic E-state index is 14.0. The molecule has 1 aromatic heterocycles. The average molecular weight is 328 g/mol. The Morgan fingerprint density at radius 3 is 2.83 bits per heavy atom. The minimum Gasteiger partial charge on any atom is -0.487 e. The molecule has 2 aromatic rings. The number of halogens is 1. The van der Waals surface area contributed by atoms with Gasteiger partial charge in [0.05, 0.1) is 5.69 Å². The van der Waals surface area contributed by atoms with E-state index >= 15 is 0 Å². The molecule has 5 heteroatoms. The fraction of sp³-hybridized carbons (Fsp3) is 0.421. The first-order valence-corrected chi connectivity index (χ1v) is 8.37. The molecule has 3 heterocycles. The van der Waals surface area contributed by atoms with Gasteiger partial charge in [-0.15, -0.1) is 0 Å². The third kappa shape index (κ3) is 2.39. The van der Waals surface area contributed by atoms with Crippen LogP contribution < -0.4 is 4.74 Å². The molecule has 0 radical (unpaired) electrons. The molecule has 1 N–H and O–H groups in total. The fourth-order valence-corrected chi connectivity index (χ4v) is 3.98. The van der Waals surface area contributed by atoms with Crippen molar-refractivity contribution in [3.63, 3.8) is 0 Å². The summed E-state index contributed by atoms with van der Waals surface area (Å²) in [5.74, 6) is 0.172. The van der Waals surface area contributed by atoms with Crippen LogP contribution in [0.5, 0.6) is 5.75 Å². The van der Waals surface area contributed by atoms with Gasteiger partial charge in [0.2, 0.25) is 0 Å². The Hall–Kier alpha value is -1.98. The molecule has 1 aromatic carbocycles. The number of piperidine rings is 1. The highest BCUT2D eigenvalue weighted by atomic mass is 19.1. The summed E-state index contributed by atoms with van der Waals surface area (Å²) in [6, 6.07) is 8.11. The van der Waals surface area contributed by atoms with Crippen LogP contribution in [0.2, 0.25) is 0 Å². The molecule has 0 spiro atoms. The Kier molecular flexibility index (Phi) is 3.77. The first-order chi connectivity index (χ1) is 11.6. The van der Waals surface area contributed by atoms with Crippen LogP contribution in [-0.2, 0) is 12.2 Å². The highest BCUT2D eigenvalue weighted by molar-refractivity contribution is 5.48. The molecule has 126 valence electrons. The summed E-state index contributed by atoms with van der Waals surface area (Å²) in [6.07, 6.45) is 3.39. The number of aliphatic hydroxyl groups is 1. The predicted molar refractivity (Wildman–Crippen MR) is 88.2 cm³/mol. The third-order valence-corrected chi connectivity index (χ3v) is 5.33. The summed E-state index contributed by atoms with van der Waals surface area (Å²) in [5.41, 5.74) is 0.696. The van der Waals surface area contributed by atoms with Crippen LogP contribution in [0.15, 0.2) is 36.5 Å². The summed E-state index contributed by atoms with van der Waals surface area (Å²) in [5, 5.41) is 11.9. The molecule has 4 nitrogen and oxygen atoms in total. The van der Waals surface area contributed by atoms with Gasteiger partial charge < -0.3 is 14.7 Å². The predicted octanol–water partition coefficient (Wildman–Crippen LogP) is 2.69. The van der Waals surface area contributed by atoms with E-state index in [0.29, 0.717) is 11.3 Å². The molecule has 0 amide bonds. The second-order valence-electron chi connectivity index (χ2n) is 6.77. The lowest BCUT2D eigenvalue weighted by Crippen LogP contribution is -2.43. The zero-order chi connectivity index (χ0) is 16.7. The third-order valence-electron chi connectivity index (χ3n) is 5.33. The van der Waals surface area contributed by atoms with Gasteiger partial charge in [0.1, 0.15) is 23.8 Å². The maximum atomic E-state index is 14.0. The summed E-state index contributed by atoms with van der Waals surface area (Å²) in [4.78, 5) is 6.65. The highest BCUT2D eigenvalue weighted by Crippen LogP contribution is 2.47. The van der Waals surface area contributed by atoms with Crippen molar-refractivity contribution in [1.29, 1.82) is 0 Å². The Balaban J connectivity index is 1.91. The molecule has 0 bridgehead atoms. The van der Waals surface area contributed by atoms with Gasteiger partial charge in [0.25, 0.3) is 0 Å². The Labute approximate surface area is 140 Å². The molecule has 24 heavy (non-hydrogen) atoms. The molecule has 1 fully saturated rings. The number of nitrogens with zero attached hydrogens (tertiary/aromatic N) is 2. The van der Waals surface area contributed by atoms with E-state index in [1.165, 1.54) is 12.1 Å². The molecule has 2 aliphatic rings. The SMILES string of the molecule is CN1CCC(C2(O)c3cc(F)ccc3OCc3ncccc32)CC1. The number of ether oxygens (including phenoxy) is 1. The highest BCUT2D eigenvalue weighted by Gasteiger charge is 2.46. The molecular formula is C19H21FN2O2. The van der Waals surface area contributed by atoms with Crippen LogP contribution in [0.1, 0.15) is 29.7 Å². The van der Waals surface area contributed by atoms with Crippen molar-refractivity contribution in [2.75, 3.05) is 20.1 Å². The zero-order valence-electron chi connectivity index (χ0n) is 13.7. The van der Waals surface area contributed by atoms with Crippen LogP contribution in [0.3, 0.4) is 0 Å². The summed E-state index contributed by atoms with van der Waals surface area (Å²) >= 11 is 0. The number of hydrogen-bond acceptors (Lipinski definition) is 4. The van der Waals surface area contributed by atoms with Crippen molar-refractivity contribution in [2.45, 2.75) is 25.0 Å². The van der Waals surface area contributed by atoms with Crippen molar-refractivity contribution < 1.29 is 14.2 Å². The van der Waals surface area contributed by atoms with Gasteiger partial charge in [-0.2, -0.15) is 0 Å². The van der Waals surface area contributed by atoms with Crippen molar-refractivity contribution >= 4 is 0 Å². The number of rotatable bonds is 1. The largest absolute Gasteiger partial charge is 0.487 e. The van der Waals surface area contributed by atoms with E-state index in [1.807, 2.05) is 12.1 Å². The molecular weight excluding hydrogens is 307 g/mol. The van der Waals surface area contributed by atoms with E-state index in [4.69, 9.17) is 4.74 Å². The van der Waals surface area contributed by atoms with Crippen LogP contribution in [0.25, 0.3) is 0 Å². The number of fused-ring (bicyclic) bond motifs is 2. The van der Waals surface area contributed by atoms with E-state index in [9.17, 15) is 9.50 Å². The first-order valence-electron chi connectivity index (χ1n) is 8.37. The lowest BCUT2D eigenvalue weighted by molar-refractivity contribution is -0.0117. The van der Waals surface area contributed by atoms with Crippen LogP contribution in [0, 0.1) is 11.7 Å². The van der Waals surface area contributed by atoms with Crippen molar-refractivity contribution in [3.8, 4) is 5.75 Å². The number of benzene rings is 1. The normalized spacial score (nSPS) is 24.6. The van der Waals surface area contributed by atoms with Gasteiger partial charge in [-0.3, -0.25) is 4.98 Å². The second kappa shape index (κ2) is 5.83. The van der Waals surface area contributed by atoms with Crippen molar-refractivity contribution in [1.82, 2.24) is 9.88 Å². The Morgan fingerprint density at radius 1 is 1.25 bits per heavy atom. The van der Waals surface area contributed by atoms with E-state index in [0.717, 1.165) is 37.2 Å². The molecule has 2 aliphatic heterocycles. The van der Waals surface area contributed by atoms with E-state index in [-0.39, 0.29) is 18.3 Å². The van der Waals surface area contributed by atoms with Crippen LogP contribution in [-0.4, -0.2) is 35.1 Å².